The molecule has 6 nitrogen and oxygen atoms in total. The van der Waals surface area contributed by atoms with E-state index in [2.05, 4.69) is 0 Å². The van der Waals surface area contributed by atoms with Crippen LogP contribution in [0.2, 0.25) is 0 Å². The number of carbonyl (C=O) groups is 2. The fourth-order valence-electron chi connectivity index (χ4n) is 0.258. The Kier molecular flexibility index (Phi) is 23.4. The predicted octanol–water partition coefficient (Wildman–Crippen LogP) is -12.0. The van der Waals surface area contributed by atoms with Crippen LogP contribution in [0.5, 0.6) is 0 Å². The molecule has 0 heterocycles. The Bertz CT molecular complexity index is 149. The average molecular weight is 335 g/mol. The van der Waals surface area contributed by atoms with Gasteiger partial charge in [-0.2, -0.15) is 0 Å². The Morgan fingerprint density at radius 1 is 1.00 bits per heavy atom. The number of aliphatic carboxylic acids is 2. The summed E-state index contributed by atoms with van der Waals surface area (Å²) in [7, 11) is 0. The third kappa shape index (κ3) is 10.6. The Labute approximate surface area is 156 Å². The van der Waals surface area contributed by atoms with Crippen molar-refractivity contribution in [2.75, 3.05) is 0 Å². The van der Waals surface area contributed by atoms with E-state index in [1.807, 2.05) is 0 Å². The third-order valence-corrected chi connectivity index (χ3v) is 0.782. The molecule has 66 valence electrons. The fraction of sp³-hybridized carbons (Fsp3) is 0.500. The molecule has 0 aliphatic heterocycles. The molecule has 0 saturated heterocycles. The second kappa shape index (κ2) is 12.4. The molecule has 0 aromatic carbocycles. The third-order valence-electron chi connectivity index (χ3n) is 0.782. The molecule has 0 bridgehead atoms. The van der Waals surface area contributed by atoms with Gasteiger partial charge in [0.15, 0.2) is 0 Å². The first-order chi connectivity index (χ1) is 4.46. The number of aliphatic hydroxyl groups is 2. The second-order valence-corrected chi connectivity index (χ2v) is 1.53. The molecule has 0 aromatic heterocycles. The van der Waals surface area contributed by atoms with Crippen molar-refractivity contribution in [3.05, 3.63) is 0 Å². The van der Waals surface area contributed by atoms with Crippen LogP contribution in [0.4, 0.5) is 0 Å². The van der Waals surface area contributed by atoms with E-state index >= 15 is 0 Å². The maximum absolute atomic E-state index is 9.63. The van der Waals surface area contributed by atoms with Crippen LogP contribution in [0.15, 0.2) is 0 Å². The molecule has 2 atom stereocenters. The van der Waals surface area contributed by atoms with Gasteiger partial charge in [-0.25, -0.2) is 0 Å². The molecule has 0 rings (SSSR count). The number of hydrogen-bond donors (Lipinski definition) is 2. The van der Waals surface area contributed by atoms with Crippen molar-refractivity contribution in [3.63, 3.8) is 0 Å². The molecule has 2 N–H and O–H groups in total. The number of carboxylic acids is 2. The first-order valence-corrected chi connectivity index (χ1v) is 2.24. The Morgan fingerprint density at radius 3 is 1.23 bits per heavy atom. The van der Waals surface area contributed by atoms with E-state index in [1.165, 1.54) is 0 Å². The van der Waals surface area contributed by atoms with Crippen LogP contribution in [0, 0.1) is 0 Å². The van der Waals surface area contributed by atoms with Crippen LogP contribution in [-0.2, 0) is 9.59 Å². The van der Waals surface area contributed by atoms with Gasteiger partial charge < -0.3 is 30.0 Å². The van der Waals surface area contributed by atoms with Crippen molar-refractivity contribution >= 4 is 36.4 Å². The summed E-state index contributed by atoms with van der Waals surface area (Å²) < 4.78 is 0. The average Bonchev–Trinajstić information content (AvgIpc) is 1.84. The van der Waals surface area contributed by atoms with E-state index in [0.717, 1.165) is 0 Å². The number of carboxylic acid groups (broad SMARTS) is 2. The number of rotatable bonds is 3. The van der Waals surface area contributed by atoms with Gasteiger partial charge >= 0.3 is 105 Å². The second-order valence-electron chi connectivity index (χ2n) is 1.53. The normalized spacial score (nSPS) is 12.2. The van der Waals surface area contributed by atoms with Crippen LogP contribution >= 0.6 is 0 Å². The molecule has 0 amide bonds. The van der Waals surface area contributed by atoms with Gasteiger partial charge in [0.2, 0.25) is 0 Å². The van der Waals surface area contributed by atoms with E-state index in [0.29, 0.717) is 0 Å². The maximum atomic E-state index is 9.63. The van der Waals surface area contributed by atoms with E-state index in [4.69, 9.17) is 10.2 Å². The molecule has 9 heteroatoms. The molecule has 13 heavy (non-hydrogen) atoms. The summed E-state index contributed by atoms with van der Waals surface area (Å²) in [5, 5.41) is 35.7. The minimum absolute atomic E-state index is 0. The van der Waals surface area contributed by atoms with Crippen molar-refractivity contribution in [1.29, 1.82) is 0 Å². The van der Waals surface area contributed by atoms with E-state index in [-0.39, 0.29) is 105 Å². The summed E-state index contributed by atoms with van der Waals surface area (Å²) in [6, 6.07) is 0. The molecule has 0 radical (unpaired) electrons. The van der Waals surface area contributed by atoms with E-state index in [9.17, 15) is 19.8 Å². The quantitative estimate of drug-likeness (QED) is 0.494. The van der Waals surface area contributed by atoms with Gasteiger partial charge in [-0.05, 0) is 0 Å². The summed E-state index contributed by atoms with van der Waals surface area (Å²) in [5.74, 6) is -4.12. The van der Waals surface area contributed by atoms with Crippen molar-refractivity contribution < 1.29 is 111 Å². The van der Waals surface area contributed by atoms with Crippen LogP contribution in [-0.4, -0.2) is 58.8 Å². The van der Waals surface area contributed by atoms with Crippen LogP contribution in [0.25, 0.3) is 0 Å². The summed E-state index contributed by atoms with van der Waals surface area (Å²) in [6.45, 7) is 0. The van der Waals surface area contributed by atoms with E-state index in [1.54, 1.807) is 0 Å². The van der Waals surface area contributed by atoms with Gasteiger partial charge in [-0.15, -0.1) is 0 Å². The number of carbonyl (C=O) groups excluding carboxylic acids is 2. The molecule has 2 unspecified atom stereocenters. The molecule has 0 fully saturated rings. The summed E-state index contributed by atoms with van der Waals surface area (Å²) >= 11 is 0. The monoisotopic (exact) mass is 334 g/mol. The summed E-state index contributed by atoms with van der Waals surface area (Å²) in [6.07, 6.45) is -4.88. The number of aliphatic hydroxyl groups excluding tert-OH is 2. The van der Waals surface area contributed by atoms with Gasteiger partial charge in [-0.1, -0.05) is 0 Å². The molecule has 0 spiro atoms. The molecular formula is C4H7KNaO6Sb. The van der Waals surface area contributed by atoms with Gasteiger partial charge in [0, 0.05) is 0 Å². The van der Waals surface area contributed by atoms with Gasteiger partial charge in [0.05, 0.1) is 11.9 Å². The Balaban J connectivity index is -0.000000135. The predicted molar refractivity (Wildman–Crippen MR) is 32.0 cm³/mol. The van der Waals surface area contributed by atoms with Crippen molar-refractivity contribution in [2.24, 2.45) is 0 Å². The fourth-order valence-corrected chi connectivity index (χ4v) is 0.258. The molecule has 0 aliphatic rings. The summed E-state index contributed by atoms with van der Waals surface area (Å²) in [5.41, 5.74) is 0. The SMILES string of the molecule is O=C([O-])C(O)C(O)C(=O)[O-].[K+].[Na+].[SbH3]. The standard InChI is InChI=1S/C4H6O6.K.Na.Sb.3H/c5-1(3(7)8)2(6)4(9)10;;;;;;/h1-2,5-6H,(H,7,8)(H,9,10);;;;;;/q;2*+1;;;;/p-2. The summed E-state index contributed by atoms with van der Waals surface area (Å²) in [4.78, 5) is 19.3. The zero-order valence-electron chi connectivity index (χ0n) is 7.39. The first-order valence-electron chi connectivity index (χ1n) is 2.24. The zero-order chi connectivity index (χ0) is 8.31. The topological polar surface area (TPSA) is 121 Å². The van der Waals surface area contributed by atoms with Gasteiger partial charge in [-0.3, -0.25) is 0 Å². The molecule has 0 saturated carbocycles. The molecule has 0 aromatic rings. The zero-order valence-corrected chi connectivity index (χ0v) is 16.5. The Morgan fingerprint density at radius 2 is 1.15 bits per heavy atom. The first kappa shape index (κ1) is 24.5. The minimum atomic E-state index is -2.44. The van der Waals surface area contributed by atoms with E-state index < -0.39 is 24.1 Å². The molecule has 0 aliphatic carbocycles. The van der Waals surface area contributed by atoms with Crippen LogP contribution in [0.3, 0.4) is 0 Å². The number of hydrogen-bond acceptors (Lipinski definition) is 6. The van der Waals surface area contributed by atoms with Crippen molar-refractivity contribution in [1.82, 2.24) is 0 Å². The Hall–Kier alpha value is 2.31. The van der Waals surface area contributed by atoms with Crippen LogP contribution in [0.1, 0.15) is 0 Å². The van der Waals surface area contributed by atoms with Crippen LogP contribution < -0.4 is 91.2 Å². The van der Waals surface area contributed by atoms with Gasteiger partial charge in [0.25, 0.3) is 0 Å². The van der Waals surface area contributed by atoms with Crippen molar-refractivity contribution in [2.45, 2.75) is 12.2 Å². The van der Waals surface area contributed by atoms with Gasteiger partial charge in [0.1, 0.15) is 12.2 Å². The molecular weight excluding hydrogens is 328 g/mol. The van der Waals surface area contributed by atoms with Crippen molar-refractivity contribution in [3.8, 4) is 0 Å².